The van der Waals surface area contributed by atoms with Crippen LogP contribution in [0.2, 0.25) is 0 Å². The van der Waals surface area contributed by atoms with E-state index in [1.54, 1.807) is 0 Å². The van der Waals surface area contributed by atoms with E-state index in [9.17, 15) is 9.59 Å². The van der Waals surface area contributed by atoms with E-state index >= 15 is 0 Å². The Morgan fingerprint density at radius 2 is 1.68 bits per heavy atom. The van der Waals surface area contributed by atoms with Gasteiger partial charge < -0.3 is 10.1 Å². The number of methoxy groups -OCH3 is 1. The lowest BCUT2D eigenvalue weighted by atomic mass is 9.85. The monoisotopic (exact) mass is 339 g/mol. The van der Waals surface area contributed by atoms with E-state index in [1.807, 2.05) is 42.5 Å². The first-order valence-corrected chi connectivity index (χ1v) is 9.07. The van der Waals surface area contributed by atoms with Crippen LogP contribution >= 0.6 is 0 Å². The number of hydrogen-bond acceptors (Lipinski definition) is 3. The number of benzene rings is 2. The lowest BCUT2D eigenvalue weighted by molar-refractivity contribution is -0.151. The first-order chi connectivity index (χ1) is 12.2. The Morgan fingerprint density at radius 1 is 1.00 bits per heavy atom. The molecule has 25 heavy (non-hydrogen) atoms. The van der Waals surface area contributed by atoms with Crippen molar-refractivity contribution in [1.29, 1.82) is 0 Å². The van der Waals surface area contributed by atoms with Gasteiger partial charge in [0.05, 0.1) is 7.11 Å². The number of hydrogen-bond donors (Lipinski definition) is 1. The SMILES string of the molecule is COC(=O)C(C(=O)Nc1cccc2ccccc12)C1CCCCCC1. The smallest absolute Gasteiger partial charge is 0.318 e. The van der Waals surface area contributed by atoms with Crippen molar-refractivity contribution in [3.05, 3.63) is 42.5 Å². The quantitative estimate of drug-likeness (QED) is 0.505. The molecule has 1 saturated carbocycles. The van der Waals surface area contributed by atoms with Crippen LogP contribution in [0.15, 0.2) is 42.5 Å². The molecule has 0 spiro atoms. The molecule has 1 atom stereocenters. The molecule has 2 aromatic rings. The van der Waals surface area contributed by atoms with E-state index in [4.69, 9.17) is 4.74 Å². The summed E-state index contributed by atoms with van der Waals surface area (Å²) in [4.78, 5) is 25.3. The summed E-state index contributed by atoms with van der Waals surface area (Å²) in [6, 6.07) is 13.7. The number of anilines is 1. The molecule has 0 heterocycles. The molecule has 1 aliphatic rings. The van der Waals surface area contributed by atoms with Crippen molar-refractivity contribution in [1.82, 2.24) is 0 Å². The fraction of sp³-hybridized carbons (Fsp3) is 0.429. The number of esters is 1. The molecule has 0 bridgehead atoms. The number of carbonyl (C=O) groups excluding carboxylic acids is 2. The first-order valence-electron chi connectivity index (χ1n) is 9.07. The fourth-order valence-corrected chi connectivity index (χ4v) is 3.83. The predicted octanol–water partition coefficient (Wildman–Crippen LogP) is 4.54. The van der Waals surface area contributed by atoms with Crippen LogP contribution in [0.25, 0.3) is 10.8 Å². The highest BCUT2D eigenvalue weighted by Crippen LogP contribution is 2.31. The van der Waals surface area contributed by atoms with Crippen molar-refractivity contribution in [2.45, 2.75) is 38.5 Å². The predicted molar refractivity (Wildman–Crippen MR) is 99.3 cm³/mol. The maximum Gasteiger partial charge on any atom is 0.318 e. The lowest BCUT2D eigenvalue weighted by Crippen LogP contribution is -2.36. The molecule has 0 aromatic heterocycles. The van der Waals surface area contributed by atoms with Crippen LogP contribution in [0.3, 0.4) is 0 Å². The lowest BCUT2D eigenvalue weighted by Gasteiger charge is -2.23. The van der Waals surface area contributed by atoms with E-state index in [0.29, 0.717) is 0 Å². The molecule has 4 nitrogen and oxygen atoms in total. The summed E-state index contributed by atoms with van der Waals surface area (Å²) in [6.07, 6.45) is 6.30. The van der Waals surface area contributed by atoms with Crippen LogP contribution in [0.1, 0.15) is 38.5 Å². The van der Waals surface area contributed by atoms with Crippen LogP contribution in [0.5, 0.6) is 0 Å². The second kappa shape index (κ2) is 8.15. The van der Waals surface area contributed by atoms with Gasteiger partial charge in [0.1, 0.15) is 5.92 Å². The summed E-state index contributed by atoms with van der Waals surface area (Å²) in [5.74, 6) is -1.35. The fourth-order valence-electron chi connectivity index (χ4n) is 3.83. The van der Waals surface area contributed by atoms with Gasteiger partial charge in [0.15, 0.2) is 0 Å². The van der Waals surface area contributed by atoms with E-state index in [0.717, 1.165) is 42.1 Å². The molecule has 1 N–H and O–H groups in total. The summed E-state index contributed by atoms with van der Waals surface area (Å²) in [6.45, 7) is 0. The molecular weight excluding hydrogens is 314 g/mol. The number of amides is 1. The number of rotatable bonds is 4. The average molecular weight is 339 g/mol. The van der Waals surface area contributed by atoms with Gasteiger partial charge in [0.2, 0.25) is 5.91 Å². The highest BCUT2D eigenvalue weighted by molar-refractivity contribution is 6.09. The first kappa shape index (κ1) is 17.5. The molecular formula is C21H25NO3. The summed E-state index contributed by atoms with van der Waals surface area (Å²) < 4.78 is 4.95. The van der Waals surface area contributed by atoms with Crippen molar-refractivity contribution in [2.24, 2.45) is 11.8 Å². The zero-order valence-corrected chi connectivity index (χ0v) is 14.7. The van der Waals surface area contributed by atoms with Crippen molar-refractivity contribution in [3.8, 4) is 0 Å². The highest BCUT2D eigenvalue weighted by atomic mass is 16.5. The van der Waals surface area contributed by atoms with Gasteiger partial charge in [-0.2, -0.15) is 0 Å². The van der Waals surface area contributed by atoms with Crippen LogP contribution < -0.4 is 5.32 Å². The Bertz CT molecular complexity index is 742. The topological polar surface area (TPSA) is 55.4 Å². The number of fused-ring (bicyclic) bond motifs is 1. The zero-order chi connectivity index (χ0) is 17.6. The van der Waals surface area contributed by atoms with Gasteiger partial charge in [-0.1, -0.05) is 62.1 Å². The third-order valence-electron chi connectivity index (χ3n) is 5.16. The molecule has 132 valence electrons. The average Bonchev–Trinajstić information content (AvgIpc) is 2.91. The van der Waals surface area contributed by atoms with Gasteiger partial charge in [0.25, 0.3) is 0 Å². The van der Waals surface area contributed by atoms with E-state index in [1.165, 1.54) is 20.0 Å². The minimum absolute atomic E-state index is 0.0601. The minimum atomic E-state index is -0.734. The van der Waals surface area contributed by atoms with Crippen LogP contribution in [0.4, 0.5) is 5.69 Å². The molecule has 3 rings (SSSR count). The zero-order valence-electron chi connectivity index (χ0n) is 14.7. The largest absolute Gasteiger partial charge is 0.468 e. The highest BCUT2D eigenvalue weighted by Gasteiger charge is 2.36. The van der Waals surface area contributed by atoms with E-state index in [2.05, 4.69) is 5.32 Å². The standard InChI is InChI=1S/C21H25NO3/c1-25-21(24)19(16-10-4-2-3-5-11-16)20(23)22-18-14-8-12-15-9-6-7-13-17(15)18/h6-9,12-14,16,19H,2-5,10-11H2,1H3,(H,22,23). The normalized spacial score (nSPS) is 16.8. The molecule has 2 aromatic carbocycles. The van der Waals surface area contributed by atoms with E-state index in [-0.39, 0.29) is 11.8 Å². The molecule has 0 aliphatic heterocycles. The van der Waals surface area contributed by atoms with Crippen LogP contribution in [-0.2, 0) is 14.3 Å². The number of carbonyl (C=O) groups is 2. The van der Waals surface area contributed by atoms with Crippen molar-refractivity contribution >= 4 is 28.3 Å². The third-order valence-corrected chi connectivity index (χ3v) is 5.16. The maximum atomic E-state index is 13.0. The molecule has 1 amide bonds. The second-order valence-corrected chi connectivity index (χ2v) is 6.77. The van der Waals surface area contributed by atoms with Crippen molar-refractivity contribution in [2.75, 3.05) is 12.4 Å². The Kier molecular flexibility index (Phi) is 5.69. The van der Waals surface area contributed by atoms with Gasteiger partial charge in [0, 0.05) is 11.1 Å². The minimum Gasteiger partial charge on any atom is -0.468 e. The molecule has 0 radical (unpaired) electrons. The molecule has 0 saturated heterocycles. The maximum absolute atomic E-state index is 13.0. The van der Waals surface area contributed by atoms with Gasteiger partial charge in [-0.15, -0.1) is 0 Å². The van der Waals surface area contributed by atoms with Crippen LogP contribution in [-0.4, -0.2) is 19.0 Å². The number of ether oxygens (including phenoxy) is 1. The Hall–Kier alpha value is -2.36. The summed E-state index contributed by atoms with van der Waals surface area (Å²) in [5, 5.41) is 5.01. The third kappa shape index (κ3) is 4.01. The van der Waals surface area contributed by atoms with Crippen molar-refractivity contribution < 1.29 is 14.3 Å². The Balaban J connectivity index is 1.85. The molecule has 4 heteroatoms. The number of nitrogens with one attached hydrogen (secondary N) is 1. The van der Waals surface area contributed by atoms with E-state index < -0.39 is 11.9 Å². The molecule has 1 fully saturated rings. The molecule has 1 unspecified atom stereocenters. The summed E-state index contributed by atoms with van der Waals surface area (Å²) in [5.41, 5.74) is 0.741. The van der Waals surface area contributed by atoms with Gasteiger partial charge in [-0.05, 0) is 30.2 Å². The summed E-state index contributed by atoms with van der Waals surface area (Å²) >= 11 is 0. The Morgan fingerprint density at radius 3 is 2.40 bits per heavy atom. The molecule has 1 aliphatic carbocycles. The van der Waals surface area contributed by atoms with Crippen molar-refractivity contribution in [3.63, 3.8) is 0 Å². The van der Waals surface area contributed by atoms with Crippen LogP contribution in [0, 0.1) is 11.8 Å². The Labute approximate surface area is 148 Å². The van der Waals surface area contributed by atoms with Gasteiger partial charge in [-0.25, -0.2) is 0 Å². The second-order valence-electron chi connectivity index (χ2n) is 6.77. The summed E-state index contributed by atoms with van der Waals surface area (Å²) in [7, 11) is 1.36. The van der Waals surface area contributed by atoms with Gasteiger partial charge >= 0.3 is 5.97 Å². The van der Waals surface area contributed by atoms with Gasteiger partial charge in [-0.3, -0.25) is 9.59 Å².